The molecule has 2 rings (SSSR count). The maximum atomic E-state index is 12.6. The second-order valence-electron chi connectivity index (χ2n) is 6.52. The molecule has 150 valence electrons. The molecule has 0 saturated carbocycles. The summed E-state index contributed by atoms with van der Waals surface area (Å²) < 4.78 is 25.2. The first kappa shape index (κ1) is 21.5. The van der Waals surface area contributed by atoms with E-state index in [1.54, 1.807) is 13.8 Å². The van der Waals surface area contributed by atoms with Crippen molar-refractivity contribution < 1.29 is 23.1 Å². The minimum Gasteiger partial charge on any atom is -0.379 e. The van der Waals surface area contributed by atoms with Crippen LogP contribution in [0.2, 0.25) is 0 Å². The monoisotopic (exact) mass is 406 g/mol. The fourth-order valence-electron chi connectivity index (χ4n) is 2.33. The highest BCUT2D eigenvalue weighted by atomic mass is 32.2. The Labute approximate surface area is 163 Å². The highest BCUT2D eigenvalue weighted by Crippen LogP contribution is 2.19. The summed E-state index contributed by atoms with van der Waals surface area (Å²) in [7, 11) is -2.54. The Morgan fingerprint density at radius 1 is 1.14 bits per heavy atom. The minimum atomic E-state index is -4.00. The van der Waals surface area contributed by atoms with E-state index in [2.05, 4.69) is 20.6 Å². The average molecular weight is 406 g/mol. The zero-order valence-corrected chi connectivity index (χ0v) is 16.8. The summed E-state index contributed by atoms with van der Waals surface area (Å²) in [6.07, 6.45) is 1.32. The second-order valence-corrected chi connectivity index (χ2v) is 8.51. The smallest absolute Gasteiger partial charge is 0.258 e. The van der Waals surface area contributed by atoms with Crippen molar-refractivity contribution in [3.63, 3.8) is 0 Å². The number of benzene rings is 1. The van der Waals surface area contributed by atoms with Crippen LogP contribution in [0.25, 0.3) is 0 Å². The molecule has 0 saturated heterocycles. The van der Waals surface area contributed by atoms with Gasteiger partial charge in [0.25, 0.3) is 11.8 Å². The Kier molecular flexibility index (Phi) is 6.15. The molecule has 1 atom stereocenters. The quantitative estimate of drug-likeness (QED) is 0.639. The number of rotatable bonds is 6. The zero-order valence-electron chi connectivity index (χ0n) is 16.0. The normalized spacial score (nSPS) is 13.5. The van der Waals surface area contributed by atoms with Crippen molar-refractivity contribution in [3.05, 3.63) is 47.4 Å². The maximum absolute atomic E-state index is 12.6. The summed E-state index contributed by atoms with van der Waals surface area (Å²) in [4.78, 5) is 32.0. The Bertz CT molecular complexity index is 1000. The van der Waals surface area contributed by atoms with E-state index >= 15 is 0 Å². The molecular weight excluding hydrogens is 384 g/mol. The van der Waals surface area contributed by atoms with Crippen LogP contribution in [-0.4, -0.2) is 53.7 Å². The molecule has 0 bridgehead atoms. The molecule has 0 unspecified atom stereocenters. The number of nitrogens with one attached hydrogen (secondary N) is 2. The molecule has 10 heteroatoms. The van der Waals surface area contributed by atoms with E-state index in [0.29, 0.717) is 17.0 Å². The number of anilines is 1. The predicted octanol–water partition coefficient (Wildman–Crippen LogP) is 0.616. The van der Waals surface area contributed by atoms with Gasteiger partial charge in [-0.2, -0.15) is 0 Å². The van der Waals surface area contributed by atoms with E-state index in [-0.39, 0.29) is 16.6 Å². The van der Waals surface area contributed by atoms with Crippen LogP contribution < -0.4 is 10.6 Å². The van der Waals surface area contributed by atoms with Crippen molar-refractivity contribution in [1.82, 2.24) is 15.3 Å². The number of sulfone groups is 1. The van der Waals surface area contributed by atoms with Crippen LogP contribution in [0.3, 0.4) is 0 Å². The first-order valence-electron chi connectivity index (χ1n) is 8.35. The Morgan fingerprint density at radius 3 is 2.29 bits per heavy atom. The maximum Gasteiger partial charge on any atom is 0.258 e. The molecule has 0 aliphatic carbocycles. The molecule has 0 radical (unpaired) electrons. The van der Waals surface area contributed by atoms with E-state index in [1.807, 2.05) is 0 Å². The van der Waals surface area contributed by atoms with E-state index in [1.165, 1.54) is 37.5 Å². The number of carbonyl (C=O) groups is 2. The average Bonchev–Trinajstić information content (AvgIpc) is 2.63. The molecule has 0 spiro atoms. The lowest BCUT2D eigenvalue weighted by atomic mass is 10.1. The van der Waals surface area contributed by atoms with Gasteiger partial charge in [0.05, 0.1) is 28.2 Å². The molecule has 1 aromatic carbocycles. The second kappa shape index (κ2) is 8.03. The number of hydrogen-bond donors (Lipinski definition) is 3. The lowest BCUT2D eigenvalue weighted by Crippen LogP contribution is -2.46. The minimum absolute atomic E-state index is 0.112. The molecule has 28 heavy (non-hydrogen) atoms. The van der Waals surface area contributed by atoms with Crippen LogP contribution in [-0.2, 0) is 14.6 Å². The highest BCUT2D eigenvalue weighted by molar-refractivity contribution is 7.91. The third kappa shape index (κ3) is 4.90. The van der Waals surface area contributed by atoms with Crippen LogP contribution in [0.15, 0.2) is 35.4 Å². The van der Waals surface area contributed by atoms with Crippen LogP contribution >= 0.6 is 0 Å². The molecule has 3 N–H and O–H groups in total. The number of aliphatic hydroxyl groups is 1. The molecule has 9 nitrogen and oxygen atoms in total. The molecule has 0 fully saturated rings. The van der Waals surface area contributed by atoms with Gasteiger partial charge < -0.3 is 15.7 Å². The number of amides is 2. The standard InChI is InChI=1S/C18H22N4O5S/c1-11-12(2)21-15(9-20-11)22-17(24)18(3,25)10-28(26,27)14-7-5-13(6-8-14)16(23)19-4/h5-9,25H,10H2,1-4H3,(H,19,23)(H,21,22,24)/t18-/m0/s1. The summed E-state index contributed by atoms with van der Waals surface area (Å²) in [6, 6.07) is 5.21. The summed E-state index contributed by atoms with van der Waals surface area (Å²) >= 11 is 0. The number of carbonyl (C=O) groups excluding carboxylic acids is 2. The third-order valence-electron chi connectivity index (χ3n) is 4.10. The van der Waals surface area contributed by atoms with Crippen molar-refractivity contribution in [2.45, 2.75) is 31.3 Å². The van der Waals surface area contributed by atoms with E-state index in [9.17, 15) is 23.1 Å². The first-order chi connectivity index (χ1) is 13.0. The van der Waals surface area contributed by atoms with E-state index in [4.69, 9.17) is 0 Å². The summed E-state index contributed by atoms with van der Waals surface area (Å²) in [5.74, 6) is -2.01. The fourth-order valence-corrected chi connectivity index (χ4v) is 3.92. The van der Waals surface area contributed by atoms with Gasteiger partial charge in [-0.1, -0.05) is 0 Å². The SMILES string of the molecule is CNC(=O)c1ccc(S(=O)(=O)C[C@](C)(O)C(=O)Nc2cnc(C)c(C)n2)cc1. The lowest BCUT2D eigenvalue weighted by Gasteiger charge is -2.22. The van der Waals surface area contributed by atoms with Gasteiger partial charge in [-0.3, -0.25) is 14.6 Å². The summed E-state index contributed by atoms with van der Waals surface area (Å²) in [6.45, 7) is 4.57. The fraction of sp³-hybridized carbons (Fsp3) is 0.333. The van der Waals surface area contributed by atoms with Gasteiger partial charge in [-0.05, 0) is 45.0 Å². The Morgan fingerprint density at radius 2 is 1.75 bits per heavy atom. The van der Waals surface area contributed by atoms with Gasteiger partial charge in [-0.25, -0.2) is 13.4 Å². The van der Waals surface area contributed by atoms with Crippen molar-refractivity contribution in [2.24, 2.45) is 0 Å². The molecule has 2 amide bonds. The Hall–Kier alpha value is -2.85. The van der Waals surface area contributed by atoms with Gasteiger partial charge in [0, 0.05) is 12.6 Å². The van der Waals surface area contributed by atoms with Crippen LogP contribution in [0.4, 0.5) is 5.82 Å². The third-order valence-corrected chi connectivity index (χ3v) is 6.03. The van der Waals surface area contributed by atoms with Crippen LogP contribution in [0.5, 0.6) is 0 Å². The molecular formula is C18H22N4O5S. The van der Waals surface area contributed by atoms with Crippen molar-refractivity contribution in [2.75, 3.05) is 18.1 Å². The van der Waals surface area contributed by atoms with E-state index < -0.39 is 27.1 Å². The number of nitrogens with zero attached hydrogens (tertiary/aromatic N) is 2. The van der Waals surface area contributed by atoms with Crippen molar-refractivity contribution >= 4 is 27.5 Å². The van der Waals surface area contributed by atoms with Crippen molar-refractivity contribution in [3.8, 4) is 0 Å². The van der Waals surface area contributed by atoms with Gasteiger partial charge in [0.15, 0.2) is 21.3 Å². The molecule has 2 aromatic rings. The first-order valence-corrected chi connectivity index (χ1v) is 10.0. The molecule has 0 aliphatic heterocycles. The van der Waals surface area contributed by atoms with E-state index in [0.717, 1.165) is 6.92 Å². The van der Waals surface area contributed by atoms with Crippen molar-refractivity contribution in [1.29, 1.82) is 0 Å². The van der Waals surface area contributed by atoms with Gasteiger partial charge in [-0.15, -0.1) is 0 Å². The number of aromatic nitrogens is 2. The predicted molar refractivity (Wildman–Crippen MR) is 103 cm³/mol. The molecule has 1 heterocycles. The highest BCUT2D eigenvalue weighted by Gasteiger charge is 2.37. The van der Waals surface area contributed by atoms with Gasteiger partial charge in [0.1, 0.15) is 0 Å². The van der Waals surface area contributed by atoms with Gasteiger partial charge in [0.2, 0.25) is 0 Å². The largest absolute Gasteiger partial charge is 0.379 e. The summed E-state index contributed by atoms with van der Waals surface area (Å²) in [5, 5.41) is 15.2. The van der Waals surface area contributed by atoms with Crippen LogP contribution in [0.1, 0.15) is 28.7 Å². The zero-order chi connectivity index (χ0) is 21.1. The number of hydrogen-bond acceptors (Lipinski definition) is 7. The lowest BCUT2D eigenvalue weighted by molar-refractivity contribution is -0.130. The van der Waals surface area contributed by atoms with Gasteiger partial charge >= 0.3 is 0 Å². The van der Waals surface area contributed by atoms with Crippen LogP contribution in [0, 0.1) is 13.8 Å². The molecule has 1 aromatic heterocycles. The summed E-state index contributed by atoms with van der Waals surface area (Å²) in [5.41, 5.74) is -0.633. The molecule has 0 aliphatic rings. The topological polar surface area (TPSA) is 138 Å². The Balaban J connectivity index is 2.17. The number of aryl methyl sites for hydroxylation is 2.